The van der Waals surface area contributed by atoms with Crippen LogP contribution in [-0.2, 0) is 31.0 Å². The predicted octanol–water partition coefficient (Wildman–Crippen LogP) is 9.64. The third-order valence-corrected chi connectivity index (χ3v) is 9.72. The van der Waals surface area contributed by atoms with Crippen LogP contribution in [-0.4, -0.2) is 32.8 Å². The highest BCUT2D eigenvalue weighted by molar-refractivity contribution is 5.85. The second-order valence-electron chi connectivity index (χ2n) is 15.3. The van der Waals surface area contributed by atoms with Gasteiger partial charge in [-0.15, -0.1) is 0 Å². The zero-order valence-corrected chi connectivity index (χ0v) is 28.3. The molecule has 0 N–H and O–H groups in total. The molecule has 0 atom stereocenters. The molecular formula is C37H42F6N6. The van der Waals surface area contributed by atoms with Crippen molar-refractivity contribution >= 4 is 22.7 Å². The van der Waals surface area contributed by atoms with Gasteiger partial charge in [-0.2, -0.15) is 31.4 Å². The van der Waals surface area contributed by atoms with E-state index in [1.54, 1.807) is 11.1 Å². The number of rotatable bonds is 11. The maximum atomic E-state index is 13.9. The lowest BCUT2D eigenvalue weighted by Gasteiger charge is -2.28. The summed E-state index contributed by atoms with van der Waals surface area (Å²) in [6.07, 6.45) is -1.23. The summed E-state index contributed by atoms with van der Waals surface area (Å²) in [4.78, 5) is 14.0. The van der Waals surface area contributed by atoms with Crippen molar-refractivity contribution in [3.05, 3.63) is 76.1 Å². The minimum Gasteiger partial charge on any atom is -0.356 e. The van der Waals surface area contributed by atoms with E-state index in [0.717, 1.165) is 66.1 Å². The molecule has 3 aliphatic carbocycles. The molecule has 4 aromatic rings. The molecule has 0 aliphatic heterocycles. The van der Waals surface area contributed by atoms with E-state index in [2.05, 4.69) is 25.7 Å². The van der Waals surface area contributed by atoms with E-state index < -0.39 is 23.5 Å². The first kappa shape index (κ1) is 33.7. The molecule has 49 heavy (non-hydrogen) atoms. The Morgan fingerprint density at radius 1 is 0.755 bits per heavy atom. The minimum absolute atomic E-state index is 0.105. The Morgan fingerprint density at radius 2 is 1.37 bits per heavy atom. The molecule has 3 heterocycles. The van der Waals surface area contributed by atoms with Crippen molar-refractivity contribution in [2.75, 3.05) is 22.9 Å². The SMILES string of the molecule is Cc1nn(C(C)(C)C)c2nc(N(CC3CC3)CC3CC3)cc(CN(Cc3cc(C(F)(F)F)cc(C(F)(F)F)c3)c3ccc(C4CC4)cn3)c12. The normalized spacial score (nSPS) is 17.2. The summed E-state index contributed by atoms with van der Waals surface area (Å²) < 4.78 is 85.2. The summed E-state index contributed by atoms with van der Waals surface area (Å²) in [6, 6.07) is 7.63. The first-order chi connectivity index (χ1) is 23.0. The average molecular weight is 685 g/mol. The number of halogens is 6. The van der Waals surface area contributed by atoms with Gasteiger partial charge in [0.2, 0.25) is 0 Å². The monoisotopic (exact) mass is 684 g/mol. The summed E-state index contributed by atoms with van der Waals surface area (Å²) in [5.74, 6) is 2.95. The standard InChI is InChI=1S/C37H42F6N6/c1-22-33-28(15-32(45-34(33)49(46-22)35(2,3)4)47(18-23-5-6-23)19-24-7-8-24)21-48(31-12-11-27(17-44-31)26-9-10-26)20-25-13-29(36(38,39)40)16-30(14-25)37(41,42)43/h11-17,23-24,26H,5-10,18-21H2,1-4H3. The van der Waals surface area contributed by atoms with Crippen LogP contribution in [0.4, 0.5) is 38.0 Å². The lowest BCUT2D eigenvalue weighted by atomic mass is 10.0. The van der Waals surface area contributed by atoms with Gasteiger partial charge < -0.3 is 9.80 Å². The first-order valence-electron chi connectivity index (χ1n) is 17.2. The minimum atomic E-state index is -4.94. The fourth-order valence-electron chi connectivity index (χ4n) is 6.60. The second kappa shape index (κ2) is 12.2. The maximum absolute atomic E-state index is 13.9. The van der Waals surface area contributed by atoms with Crippen LogP contribution < -0.4 is 9.80 Å². The Hall–Kier alpha value is -3.83. The van der Waals surface area contributed by atoms with Crippen LogP contribution in [0.25, 0.3) is 11.0 Å². The number of benzene rings is 1. The van der Waals surface area contributed by atoms with E-state index in [0.29, 0.717) is 29.2 Å². The molecule has 0 unspecified atom stereocenters. The van der Waals surface area contributed by atoms with Crippen LogP contribution in [0.2, 0.25) is 0 Å². The summed E-state index contributed by atoms with van der Waals surface area (Å²) in [6.45, 7) is 9.84. The van der Waals surface area contributed by atoms with Crippen molar-refractivity contribution < 1.29 is 26.3 Å². The van der Waals surface area contributed by atoms with Gasteiger partial charge in [0, 0.05) is 37.8 Å². The number of pyridine rings is 2. The molecule has 3 aromatic heterocycles. The Balaban J connectivity index is 1.35. The maximum Gasteiger partial charge on any atom is 0.416 e. The molecule has 1 aromatic carbocycles. The molecule has 6 nitrogen and oxygen atoms in total. The average Bonchev–Trinajstić information content (AvgIpc) is 3.87. The largest absolute Gasteiger partial charge is 0.416 e. The number of alkyl halides is 6. The van der Waals surface area contributed by atoms with Crippen molar-refractivity contribution in [1.29, 1.82) is 0 Å². The van der Waals surface area contributed by atoms with E-state index in [1.807, 2.05) is 29.8 Å². The molecule has 0 bridgehead atoms. The Labute approximate surface area is 282 Å². The number of aryl methyl sites for hydroxylation is 1. The van der Waals surface area contributed by atoms with Crippen molar-refractivity contribution in [3.63, 3.8) is 0 Å². The van der Waals surface area contributed by atoms with Crippen molar-refractivity contribution in [3.8, 4) is 0 Å². The fraction of sp³-hybridized carbons (Fsp3) is 0.541. The smallest absolute Gasteiger partial charge is 0.356 e. The Bertz CT molecular complexity index is 1780. The van der Waals surface area contributed by atoms with Gasteiger partial charge in [0.15, 0.2) is 5.65 Å². The number of aromatic nitrogens is 4. The molecule has 3 aliphatic rings. The predicted molar refractivity (Wildman–Crippen MR) is 177 cm³/mol. The molecule has 3 fully saturated rings. The van der Waals surface area contributed by atoms with Gasteiger partial charge in [0.05, 0.1) is 22.4 Å². The molecule has 7 rings (SSSR count). The molecule has 3 saturated carbocycles. The molecular weight excluding hydrogens is 642 g/mol. The number of fused-ring (bicyclic) bond motifs is 1. The first-order valence-corrected chi connectivity index (χ1v) is 17.2. The Morgan fingerprint density at radius 3 is 1.86 bits per heavy atom. The van der Waals surface area contributed by atoms with Crippen LogP contribution in [0.15, 0.2) is 42.6 Å². The molecule has 262 valence electrons. The topological polar surface area (TPSA) is 50.1 Å². The van der Waals surface area contributed by atoms with Gasteiger partial charge in [-0.05, 0) is 131 Å². The zero-order chi connectivity index (χ0) is 34.9. The summed E-state index contributed by atoms with van der Waals surface area (Å²) in [5, 5.41) is 5.73. The van der Waals surface area contributed by atoms with E-state index in [1.165, 1.54) is 25.7 Å². The second-order valence-corrected chi connectivity index (χ2v) is 15.3. The van der Waals surface area contributed by atoms with Crippen LogP contribution in [0.1, 0.15) is 98.7 Å². The van der Waals surface area contributed by atoms with Gasteiger partial charge in [-0.25, -0.2) is 14.6 Å². The summed E-state index contributed by atoms with van der Waals surface area (Å²) >= 11 is 0. The van der Waals surface area contributed by atoms with Crippen molar-refractivity contribution in [2.24, 2.45) is 11.8 Å². The van der Waals surface area contributed by atoms with Gasteiger partial charge in [0.1, 0.15) is 11.6 Å². The zero-order valence-electron chi connectivity index (χ0n) is 28.3. The van der Waals surface area contributed by atoms with Gasteiger partial charge in [-0.1, -0.05) is 6.07 Å². The molecule has 12 heteroatoms. The Kier molecular flexibility index (Phi) is 8.37. The molecule has 0 saturated heterocycles. The number of nitrogens with zero attached hydrogens (tertiary/aromatic N) is 6. The van der Waals surface area contributed by atoms with Crippen LogP contribution in [0, 0.1) is 18.8 Å². The number of anilines is 2. The lowest BCUT2D eigenvalue weighted by molar-refractivity contribution is -0.143. The van der Waals surface area contributed by atoms with E-state index in [-0.39, 0.29) is 30.3 Å². The molecule has 0 spiro atoms. The van der Waals surface area contributed by atoms with E-state index >= 15 is 0 Å². The van der Waals surface area contributed by atoms with E-state index in [9.17, 15) is 26.3 Å². The number of hydrogen-bond donors (Lipinski definition) is 0. The lowest BCUT2D eigenvalue weighted by Crippen LogP contribution is -2.30. The molecule has 0 amide bonds. The van der Waals surface area contributed by atoms with Gasteiger partial charge in [-0.3, -0.25) is 0 Å². The van der Waals surface area contributed by atoms with Crippen molar-refractivity contribution in [1.82, 2.24) is 19.7 Å². The molecule has 0 radical (unpaired) electrons. The van der Waals surface area contributed by atoms with Gasteiger partial charge in [0.25, 0.3) is 0 Å². The third-order valence-electron chi connectivity index (χ3n) is 9.72. The quantitative estimate of drug-likeness (QED) is 0.147. The van der Waals surface area contributed by atoms with Crippen molar-refractivity contribution in [2.45, 2.75) is 103 Å². The highest BCUT2D eigenvalue weighted by Gasteiger charge is 2.37. The third kappa shape index (κ3) is 7.67. The van der Waals surface area contributed by atoms with Crippen LogP contribution in [0.5, 0.6) is 0 Å². The fourth-order valence-corrected chi connectivity index (χ4v) is 6.60. The number of hydrogen-bond acceptors (Lipinski definition) is 5. The van der Waals surface area contributed by atoms with Gasteiger partial charge >= 0.3 is 12.4 Å². The van der Waals surface area contributed by atoms with Crippen LogP contribution in [0.3, 0.4) is 0 Å². The van der Waals surface area contributed by atoms with E-state index in [4.69, 9.17) is 15.1 Å². The highest BCUT2D eigenvalue weighted by atomic mass is 19.4. The summed E-state index contributed by atoms with van der Waals surface area (Å²) in [7, 11) is 0. The van der Waals surface area contributed by atoms with Crippen LogP contribution >= 0.6 is 0 Å². The highest BCUT2D eigenvalue weighted by Crippen LogP contribution is 2.41. The summed E-state index contributed by atoms with van der Waals surface area (Å²) in [5.41, 5.74) is 0.234.